The number of aryl methyl sites for hydroxylation is 1. The maximum absolute atomic E-state index is 13.4. The number of aldehydes is 1. The van der Waals surface area contributed by atoms with Crippen LogP contribution in [0.2, 0.25) is 5.02 Å². The van der Waals surface area contributed by atoms with Gasteiger partial charge in [-0.25, -0.2) is 0 Å². The molecule has 0 saturated heterocycles. The Balaban J connectivity index is 2.49. The molecule has 0 fully saturated rings. The zero-order chi connectivity index (χ0) is 29.2. The van der Waals surface area contributed by atoms with Crippen molar-refractivity contribution in [3.05, 3.63) is 82.2 Å². The van der Waals surface area contributed by atoms with E-state index >= 15 is 0 Å². The molecule has 0 aliphatic carbocycles. The first-order valence-electron chi connectivity index (χ1n) is 12.9. The molecule has 0 heterocycles. The number of allylic oxidation sites excluding steroid dienone is 2. The van der Waals surface area contributed by atoms with Gasteiger partial charge in [-0.05, 0) is 69.7 Å². The Morgan fingerprint density at radius 2 is 1.77 bits per heavy atom. The van der Waals surface area contributed by atoms with Crippen molar-refractivity contribution in [1.29, 1.82) is 0 Å². The van der Waals surface area contributed by atoms with Crippen LogP contribution >= 0.6 is 11.6 Å². The van der Waals surface area contributed by atoms with Crippen LogP contribution in [-0.4, -0.2) is 55.3 Å². The lowest BCUT2D eigenvalue weighted by Gasteiger charge is -2.29. The van der Waals surface area contributed by atoms with Crippen molar-refractivity contribution in [1.82, 2.24) is 4.90 Å². The van der Waals surface area contributed by atoms with Gasteiger partial charge in [-0.2, -0.15) is 0 Å². The molecule has 0 aliphatic heterocycles. The minimum Gasteiger partial charge on any atom is -0.495 e. The highest BCUT2D eigenvalue weighted by Gasteiger charge is 2.25. The van der Waals surface area contributed by atoms with E-state index in [9.17, 15) is 14.4 Å². The molecule has 2 aromatic carbocycles. The second kappa shape index (κ2) is 14.7. The summed E-state index contributed by atoms with van der Waals surface area (Å²) in [5.74, 6) is -0.0325. The minimum atomic E-state index is -0.632. The fraction of sp³-hybridized carbons (Fsp3) is 0.387. The number of nitrogens with one attached hydrogen (secondary N) is 1. The van der Waals surface area contributed by atoms with Crippen LogP contribution in [0.1, 0.15) is 62.0 Å². The fourth-order valence-electron chi connectivity index (χ4n) is 3.91. The number of ketones is 1. The van der Waals surface area contributed by atoms with Crippen LogP contribution in [0.3, 0.4) is 0 Å². The number of carbonyl (C=O) groups is 3. The zero-order valence-electron chi connectivity index (χ0n) is 23.8. The molecule has 0 spiro atoms. The Morgan fingerprint density at radius 1 is 1.10 bits per heavy atom. The summed E-state index contributed by atoms with van der Waals surface area (Å²) in [6.45, 7) is 9.96. The maximum Gasteiger partial charge on any atom is 0.247 e. The molecule has 1 atom stereocenters. The number of anilines is 1. The molecular formula is C31H39ClN2O5. The molecule has 0 aromatic heterocycles. The molecule has 0 radical (unpaired) electrons. The number of likely N-dealkylation sites (N-methyl/N-ethyl adjacent to an activating group) is 1. The molecule has 1 unspecified atom stereocenters. The summed E-state index contributed by atoms with van der Waals surface area (Å²) in [5.41, 5.74) is 2.68. The van der Waals surface area contributed by atoms with Gasteiger partial charge >= 0.3 is 0 Å². The van der Waals surface area contributed by atoms with Crippen molar-refractivity contribution in [2.24, 2.45) is 0 Å². The lowest BCUT2D eigenvalue weighted by atomic mass is 9.94. The van der Waals surface area contributed by atoms with E-state index in [0.29, 0.717) is 52.5 Å². The van der Waals surface area contributed by atoms with Gasteiger partial charge in [0.2, 0.25) is 5.91 Å². The standard InChI is InChI=1S/C31H39ClN2O5/c1-8-28(36)24-14-11-22(32)19-26(24)25(15-17-35)29(38-7)20-34(6)27(16-18-39-31(3,4)5)30(37)33-23-12-9-21(2)10-13-23/h9-15,17,19-20,27H,8,16,18H2,1-7H3,(H,33,37)/b25-15-,29-20+. The molecule has 0 saturated carbocycles. The van der Waals surface area contributed by atoms with Crippen LogP contribution < -0.4 is 5.32 Å². The second-order valence-electron chi connectivity index (χ2n) is 10.2. The average molecular weight is 555 g/mol. The van der Waals surface area contributed by atoms with Crippen molar-refractivity contribution >= 4 is 40.8 Å². The van der Waals surface area contributed by atoms with Gasteiger partial charge in [0.25, 0.3) is 0 Å². The van der Waals surface area contributed by atoms with Crippen LogP contribution in [0.25, 0.3) is 5.57 Å². The Bertz CT molecular complexity index is 1210. The number of methoxy groups -OCH3 is 1. The van der Waals surface area contributed by atoms with E-state index < -0.39 is 6.04 Å². The molecule has 0 aliphatic rings. The summed E-state index contributed by atoms with van der Waals surface area (Å²) in [6, 6.07) is 11.8. The van der Waals surface area contributed by atoms with Crippen molar-refractivity contribution in [3.8, 4) is 0 Å². The first kappa shape index (κ1) is 31.8. The number of amides is 1. The molecule has 0 bridgehead atoms. The lowest BCUT2D eigenvalue weighted by molar-refractivity contribution is -0.121. The van der Waals surface area contributed by atoms with Gasteiger partial charge in [0, 0.05) is 54.5 Å². The molecule has 7 nitrogen and oxygen atoms in total. The smallest absolute Gasteiger partial charge is 0.247 e. The Kier molecular flexibility index (Phi) is 11.9. The molecule has 1 N–H and O–H groups in total. The summed E-state index contributed by atoms with van der Waals surface area (Å²) in [5, 5.41) is 3.39. The molecule has 8 heteroatoms. The van der Waals surface area contributed by atoms with Crippen molar-refractivity contribution in [3.63, 3.8) is 0 Å². The number of nitrogens with zero attached hydrogens (tertiary/aromatic N) is 1. The summed E-state index contributed by atoms with van der Waals surface area (Å²) < 4.78 is 11.6. The van der Waals surface area contributed by atoms with Crippen LogP contribution in [-0.2, 0) is 19.1 Å². The normalized spacial score (nSPS) is 13.0. The minimum absolute atomic E-state index is 0.100. The lowest BCUT2D eigenvalue weighted by Crippen LogP contribution is -2.41. The third-order valence-electron chi connectivity index (χ3n) is 5.97. The summed E-state index contributed by atoms with van der Waals surface area (Å²) in [7, 11) is 3.22. The van der Waals surface area contributed by atoms with Gasteiger partial charge in [-0.1, -0.05) is 36.2 Å². The highest BCUT2D eigenvalue weighted by atomic mass is 35.5. The number of halogens is 1. The van der Waals surface area contributed by atoms with Crippen molar-refractivity contribution in [2.45, 2.75) is 59.1 Å². The van der Waals surface area contributed by atoms with Gasteiger partial charge in [0.1, 0.15) is 18.1 Å². The number of hydrogen-bond acceptors (Lipinski definition) is 6. The van der Waals surface area contributed by atoms with Crippen LogP contribution in [0, 0.1) is 6.92 Å². The summed E-state index contributed by atoms with van der Waals surface area (Å²) in [4.78, 5) is 39.5. The van der Waals surface area contributed by atoms with E-state index in [4.69, 9.17) is 21.1 Å². The number of hydrogen-bond donors (Lipinski definition) is 1. The number of carbonyl (C=O) groups excluding carboxylic acids is 3. The number of benzene rings is 2. The Morgan fingerprint density at radius 3 is 2.33 bits per heavy atom. The van der Waals surface area contributed by atoms with Gasteiger partial charge in [0.15, 0.2) is 5.78 Å². The summed E-state index contributed by atoms with van der Waals surface area (Å²) in [6.07, 6.45) is 4.27. The van der Waals surface area contributed by atoms with E-state index in [-0.39, 0.29) is 23.7 Å². The average Bonchev–Trinajstić information content (AvgIpc) is 2.88. The SMILES string of the molecule is CCC(=O)c1ccc(Cl)cc1C(=C/C=O)/C(=C\N(C)C(CCOC(C)(C)C)C(=O)Nc1ccc(C)cc1)OC. The van der Waals surface area contributed by atoms with E-state index in [1.807, 2.05) is 52.0 Å². The molecule has 210 valence electrons. The van der Waals surface area contributed by atoms with E-state index in [1.165, 1.54) is 13.2 Å². The number of Topliss-reactive ketones (excluding diaryl/α,β-unsaturated/α-hetero) is 1. The maximum atomic E-state index is 13.4. The zero-order valence-corrected chi connectivity index (χ0v) is 24.6. The first-order chi connectivity index (χ1) is 18.4. The second-order valence-corrected chi connectivity index (χ2v) is 10.6. The van der Waals surface area contributed by atoms with Gasteiger partial charge in [-0.3, -0.25) is 14.4 Å². The predicted octanol–water partition coefficient (Wildman–Crippen LogP) is 6.46. The van der Waals surface area contributed by atoms with Gasteiger partial charge in [-0.15, -0.1) is 0 Å². The highest BCUT2D eigenvalue weighted by molar-refractivity contribution is 6.31. The number of rotatable bonds is 13. The van der Waals surface area contributed by atoms with Crippen LogP contribution in [0.15, 0.2) is 60.5 Å². The van der Waals surface area contributed by atoms with E-state index in [0.717, 1.165) is 5.56 Å². The topological polar surface area (TPSA) is 84.9 Å². The quantitative estimate of drug-likeness (QED) is 0.101. The van der Waals surface area contributed by atoms with E-state index in [2.05, 4.69) is 5.32 Å². The highest BCUT2D eigenvalue weighted by Crippen LogP contribution is 2.30. The summed E-state index contributed by atoms with van der Waals surface area (Å²) >= 11 is 6.27. The van der Waals surface area contributed by atoms with Gasteiger partial charge < -0.3 is 19.7 Å². The molecule has 39 heavy (non-hydrogen) atoms. The molecule has 1 amide bonds. The Hall–Kier alpha value is -3.42. The number of ether oxygens (including phenoxy) is 2. The molecule has 2 rings (SSSR count). The third-order valence-corrected chi connectivity index (χ3v) is 6.21. The van der Waals surface area contributed by atoms with Crippen molar-refractivity contribution in [2.75, 3.05) is 26.1 Å². The Labute approximate surface area is 236 Å². The van der Waals surface area contributed by atoms with E-state index in [1.54, 1.807) is 43.3 Å². The van der Waals surface area contributed by atoms with Gasteiger partial charge in [0.05, 0.1) is 12.7 Å². The van der Waals surface area contributed by atoms with Crippen LogP contribution in [0.5, 0.6) is 0 Å². The predicted molar refractivity (Wildman–Crippen MR) is 157 cm³/mol. The largest absolute Gasteiger partial charge is 0.495 e. The fourth-order valence-corrected chi connectivity index (χ4v) is 4.08. The van der Waals surface area contributed by atoms with Crippen LogP contribution in [0.4, 0.5) is 5.69 Å². The molecular weight excluding hydrogens is 516 g/mol. The van der Waals surface area contributed by atoms with Crippen molar-refractivity contribution < 1.29 is 23.9 Å². The monoisotopic (exact) mass is 554 g/mol. The molecule has 2 aromatic rings. The first-order valence-corrected chi connectivity index (χ1v) is 13.3. The third kappa shape index (κ3) is 9.68.